The minimum absolute atomic E-state index is 0.0574. The predicted octanol–water partition coefficient (Wildman–Crippen LogP) is 3.03. The van der Waals surface area contributed by atoms with Crippen molar-refractivity contribution >= 4 is 15.8 Å². The maximum atomic E-state index is 13.8. The van der Waals surface area contributed by atoms with E-state index < -0.39 is 15.8 Å². The molecule has 0 bridgehead atoms. The van der Waals surface area contributed by atoms with Crippen molar-refractivity contribution in [2.45, 2.75) is 31.6 Å². The summed E-state index contributed by atoms with van der Waals surface area (Å²) < 4.78 is 42.7. The number of halogens is 1. The number of rotatable bonds is 5. The number of sulfonamides is 1. The van der Waals surface area contributed by atoms with E-state index in [4.69, 9.17) is 0 Å². The molecule has 1 aromatic carbocycles. The summed E-state index contributed by atoms with van der Waals surface area (Å²) in [5.74, 6) is 0.284. The number of aromatic nitrogens is 4. The SMILES string of the molecule is Cc1cc(NS(=O)(=O)c2cnn(-c3ccccc3F)c2)nc(C(C)C)n1. The van der Waals surface area contributed by atoms with Crippen molar-refractivity contribution in [3.63, 3.8) is 0 Å². The molecule has 0 atom stereocenters. The topological polar surface area (TPSA) is 89.8 Å². The van der Waals surface area contributed by atoms with Crippen molar-refractivity contribution in [1.82, 2.24) is 19.7 Å². The standard InChI is InChI=1S/C17H18FN5O2S/c1-11(2)17-20-12(3)8-16(21-17)22-26(24,25)13-9-19-23(10-13)15-7-5-4-6-14(15)18/h4-11H,1-3H3,(H,20,21,22). The van der Waals surface area contributed by atoms with Gasteiger partial charge in [-0.2, -0.15) is 5.10 Å². The second-order valence-electron chi connectivity index (χ2n) is 6.08. The monoisotopic (exact) mass is 375 g/mol. The summed E-state index contributed by atoms with van der Waals surface area (Å²) >= 11 is 0. The van der Waals surface area contributed by atoms with Gasteiger partial charge in [-0.3, -0.25) is 4.72 Å². The molecule has 0 aliphatic heterocycles. The minimum atomic E-state index is -3.92. The third-order valence-corrected chi connectivity index (χ3v) is 4.90. The lowest BCUT2D eigenvalue weighted by atomic mass is 10.2. The molecule has 0 radical (unpaired) electrons. The number of nitrogens with zero attached hydrogens (tertiary/aromatic N) is 4. The van der Waals surface area contributed by atoms with Crippen LogP contribution in [-0.4, -0.2) is 28.2 Å². The van der Waals surface area contributed by atoms with Crippen LogP contribution in [0.2, 0.25) is 0 Å². The first kappa shape index (κ1) is 18.0. The number of para-hydroxylation sites is 1. The molecule has 0 saturated heterocycles. The van der Waals surface area contributed by atoms with Crippen molar-refractivity contribution in [1.29, 1.82) is 0 Å². The molecule has 0 amide bonds. The van der Waals surface area contributed by atoms with Gasteiger partial charge < -0.3 is 0 Å². The molecule has 0 fully saturated rings. The van der Waals surface area contributed by atoms with E-state index in [2.05, 4.69) is 19.8 Å². The van der Waals surface area contributed by atoms with Gasteiger partial charge in [0, 0.05) is 17.7 Å². The number of anilines is 1. The lowest BCUT2D eigenvalue weighted by Crippen LogP contribution is -2.15. The molecule has 3 rings (SSSR count). The zero-order valence-corrected chi connectivity index (χ0v) is 15.3. The molecule has 2 aromatic heterocycles. The quantitative estimate of drug-likeness (QED) is 0.740. The van der Waals surface area contributed by atoms with Crippen LogP contribution < -0.4 is 4.72 Å². The Bertz CT molecular complexity index is 1050. The van der Waals surface area contributed by atoms with Gasteiger partial charge in [0.1, 0.15) is 28.0 Å². The minimum Gasteiger partial charge on any atom is -0.263 e. The number of nitrogens with one attached hydrogen (secondary N) is 1. The molecular formula is C17H18FN5O2S. The molecule has 0 unspecified atom stereocenters. The van der Waals surface area contributed by atoms with E-state index in [0.717, 1.165) is 6.20 Å². The Labute approximate surface area is 151 Å². The van der Waals surface area contributed by atoms with Gasteiger partial charge in [-0.1, -0.05) is 26.0 Å². The van der Waals surface area contributed by atoms with Crippen LogP contribution in [0.3, 0.4) is 0 Å². The molecule has 9 heteroatoms. The number of hydrogen-bond acceptors (Lipinski definition) is 5. The van der Waals surface area contributed by atoms with E-state index in [0.29, 0.717) is 11.5 Å². The second kappa shape index (κ2) is 6.83. The normalized spacial score (nSPS) is 11.7. The van der Waals surface area contributed by atoms with Crippen molar-refractivity contribution in [3.8, 4) is 5.69 Å². The van der Waals surface area contributed by atoms with Crippen LogP contribution in [-0.2, 0) is 10.0 Å². The summed E-state index contributed by atoms with van der Waals surface area (Å²) in [4.78, 5) is 8.43. The molecule has 0 aliphatic rings. The van der Waals surface area contributed by atoms with Crippen LogP contribution in [0.25, 0.3) is 5.69 Å². The highest BCUT2D eigenvalue weighted by Crippen LogP contribution is 2.19. The first-order valence-electron chi connectivity index (χ1n) is 7.94. The Kier molecular flexibility index (Phi) is 4.73. The van der Waals surface area contributed by atoms with Gasteiger partial charge in [-0.05, 0) is 19.1 Å². The van der Waals surface area contributed by atoms with Crippen LogP contribution in [0.1, 0.15) is 31.3 Å². The third kappa shape index (κ3) is 3.72. The Balaban J connectivity index is 1.92. The smallest absolute Gasteiger partial charge is 0.263 e. The van der Waals surface area contributed by atoms with Gasteiger partial charge in [-0.25, -0.2) is 27.5 Å². The van der Waals surface area contributed by atoms with Crippen LogP contribution in [0, 0.1) is 12.7 Å². The highest BCUT2D eigenvalue weighted by molar-refractivity contribution is 7.92. The molecule has 136 valence electrons. The summed E-state index contributed by atoms with van der Waals surface area (Å²) in [6.45, 7) is 5.61. The van der Waals surface area contributed by atoms with E-state index in [1.165, 1.54) is 23.0 Å². The van der Waals surface area contributed by atoms with Gasteiger partial charge >= 0.3 is 0 Å². The average molecular weight is 375 g/mol. The Hall–Kier alpha value is -2.81. The van der Waals surface area contributed by atoms with Gasteiger partial charge in [0.05, 0.1) is 12.4 Å². The Morgan fingerprint density at radius 1 is 1.19 bits per heavy atom. The summed E-state index contributed by atoms with van der Waals surface area (Å²) in [6, 6.07) is 7.52. The molecular weight excluding hydrogens is 357 g/mol. The van der Waals surface area contributed by atoms with Crippen molar-refractivity contribution in [2.75, 3.05) is 4.72 Å². The van der Waals surface area contributed by atoms with Crippen LogP contribution in [0.4, 0.5) is 10.2 Å². The highest BCUT2D eigenvalue weighted by atomic mass is 32.2. The summed E-state index contributed by atoms with van der Waals surface area (Å²) in [6.07, 6.45) is 2.41. The second-order valence-corrected chi connectivity index (χ2v) is 7.77. The zero-order valence-electron chi connectivity index (χ0n) is 14.5. The number of aryl methyl sites for hydroxylation is 1. The van der Waals surface area contributed by atoms with E-state index in [1.54, 1.807) is 25.1 Å². The molecule has 26 heavy (non-hydrogen) atoms. The van der Waals surface area contributed by atoms with Crippen LogP contribution in [0.5, 0.6) is 0 Å². The summed E-state index contributed by atoms with van der Waals surface area (Å²) in [7, 11) is -3.92. The predicted molar refractivity (Wildman–Crippen MR) is 95.2 cm³/mol. The maximum Gasteiger partial charge on any atom is 0.266 e. The maximum absolute atomic E-state index is 13.8. The van der Waals surface area contributed by atoms with Crippen LogP contribution >= 0.6 is 0 Å². The first-order valence-corrected chi connectivity index (χ1v) is 9.42. The largest absolute Gasteiger partial charge is 0.266 e. The van der Waals surface area contributed by atoms with Crippen molar-refractivity contribution < 1.29 is 12.8 Å². The molecule has 0 aliphatic carbocycles. The van der Waals surface area contributed by atoms with E-state index in [1.807, 2.05) is 13.8 Å². The zero-order chi connectivity index (χ0) is 18.9. The third-order valence-electron chi connectivity index (χ3n) is 3.60. The number of hydrogen-bond donors (Lipinski definition) is 1. The van der Waals surface area contributed by atoms with Gasteiger partial charge in [0.15, 0.2) is 0 Å². The summed E-state index contributed by atoms with van der Waals surface area (Å²) in [5, 5.41) is 3.94. The molecule has 7 nitrogen and oxygen atoms in total. The molecule has 1 N–H and O–H groups in total. The molecule has 3 aromatic rings. The molecule has 0 spiro atoms. The average Bonchev–Trinajstić information content (AvgIpc) is 3.05. The number of benzene rings is 1. The highest BCUT2D eigenvalue weighted by Gasteiger charge is 2.19. The van der Waals surface area contributed by atoms with E-state index in [-0.39, 0.29) is 22.3 Å². The fourth-order valence-electron chi connectivity index (χ4n) is 2.31. The Morgan fingerprint density at radius 3 is 2.62 bits per heavy atom. The van der Waals surface area contributed by atoms with Gasteiger partial charge in [0.25, 0.3) is 10.0 Å². The molecule has 0 saturated carbocycles. The van der Waals surface area contributed by atoms with E-state index in [9.17, 15) is 12.8 Å². The van der Waals surface area contributed by atoms with Crippen molar-refractivity contribution in [2.24, 2.45) is 0 Å². The lowest BCUT2D eigenvalue weighted by molar-refractivity contribution is 0.600. The van der Waals surface area contributed by atoms with Gasteiger partial charge in [0.2, 0.25) is 0 Å². The van der Waals surface area contributed by atoms with Gasteiger partial charge in [-0.15, -0.1) is 0 Å². The van der Waals surface area contributed by atoms with Crippen LogP contribution in [0.15, 0.2) is 47.6 Å². The van der Waals surface area contributed by atoms with E-state index >= 15 is 0 Å². The first-order chi connectivity index (χ1) is 12.3. The molecule has 2 heterocycles. The summed E-state index contributed by atoms with van der Waals surface area (Å²) in [5.41, 5.74) is 0.817. The fraction of sp³-hybridized carbons (Fsp3) is 0.235. The lowest BCUT2D eigenvalue weighted by Gasteiger charge is -2.10. The Morgan fingerprint density at radius 2 is 1.92 bits per heavy atom. The fourth-order valence-corrected chi connectivity index (χ4v) is 3.24. The van der Waals surface area contributed by atoms with Crippen molar-refractivity contribution in [3.05, 3.63) is 60.1 Å².